The van der Waals surface area contributed by atoms with E-state index < -0.39 is 12.0 Å². The Morgan fingerprint density at radius 2 is 2.21 bits per heavy atom. The third-order valence-electron chi connectivity index (χ3n) is 2.49. The maximum absolute atomic E-state index is 11.7. The Kier molecular flexibility index (Phi) is 3.80. The van der Waals surface area contributed by atoms with Gasteiger partial charge in [-0.3, -0.25) is 4.79 Å². The minimum Gasteiger partial charge on any atom is -0.480 e. The number of thioether (sulfide) groups is 1. The molecule has 0 aromatic carbocycles. The molecule has 0 aromatic heterocycles. The fourth-order valence-corrected chi connectivity index (χ4v) is 2.62. The number of hydrogen-bond acceptors (Lipinski definition) is 3. The fourth-order valence-electron chi connectivity index (χ4n) is 1.36. The Morgan fingerprint density at radius 1 is 1.57 bits per heavy atom. The molecular weight excluding hydrogens is 202 g/mol. The molecule has 14 heavy (non-hydrogen) atoms. The van der Waals surface area contributed by atoms with Gasteiger partial charge in [-0.15, -0.1) is 11.8 Å². The summed E-state index contributed by atoms with van der Waals surface area (Å²) in [6, 6.07) is -0.733. The molecule has 0 aliphatic carbocycles. The van der Waals surface area contributed by atoms with E-state index in [2.05, 4.69) is 0 Å². The molecule has 4 nitrogen and oxygen atoms in total. The summed E-state index contributed by atoms with van der Waals surface area (Å²) in [5.74, 6) is -0.00245. The Morgan fingerprint density at radius 3 is 2.64 bits per heavy atom. The second-order valence-electron chi connectivity index (χ2n) is 3.47. The van der Waals surface area contributed by atoms with Crippen LogP contribution in [-0.4, -0.2) is 46.0 Å². The summed E-state index contributed by atoms with van der Waals surface area (Å²) in [4.78, 5) is 23.7. The molecule has 1 N–H and O–H groups in total. The molecule has 1 aliphatic rings. The SMILES string of the molecule is CC(C(=O)O)N(C)C(=O)C1CCCS1. The molecule has 2 unspecified atom stereocenters. The first-order valence-corrected chi connectivity index (χ1v) is 5.70. The van der Waals surface area contributed by atoms with Gasteiger partial charge in [0.05, 0.1) is 5.25 Å². The maximum atomic E-state index is 11.7. The van der Waals surface area contributed by atoms with Crippen molar-refractivity contribution in [3.05, 3.63) is 0 Å². The zero-order valence-corrected chi connectivity index (χ0v) is 9.21. The number of likely N-dealkylation sites (N-methyl/N-ethyl adjacent to an activating group) is 1. The molecule has 5 heteroatoms. The number of carboxylic acids is 1. The lowest BCUT2D eigenvalue weighted by Crippen LogP contribution is -2.43. The monoisotopic (exact) mass is 217 g/mol. The van der Waals surface area contributed by atoms with Crippen LogP contribution in [0.3, 0.4) is 0 Å². The number of carboxylic acid groups (broad SMARTS) is 1. The van der Waals surface area contributed by atoms with Crippen LogP contribution in [-0.2, 0) is 9.59 Å². The van der Waals surface area contributed by atoms with Gasteiger partial charge in [0.1, 0.15) is 6.04 Å². The quantitative estimate of drug-likeness (QED) is 0.760. The van der Waals surface area contributed by atoms with Crippen LogP contribution in [0.2, 0.25) is 0 Å². The highest BCUT2D eigenvalue weighted by Gasteiger charge is 2.30. The lowest BCUT2D eigenvalue weighted by molar-refractivity contribution is -0.148. The molecular formula is C9H15NO3S. The highest BCUT2D eigenvalue weighted by atomic mass is 32.2. The molecule has 1 fully saturated rings. The summed E-state index contributed by atoms with van der Waals surface area (Å²) in [6.45, 7) is 1.53. The third-order valence-corrected chi connectivity index (χ3v) is 3.86. The van der Waals surface area contributed by atoms with E-state index in [1.807, 2.05) is 0 Å². The molecule has 2 atom stereocenters. The maximum Gasteiger partial charge on any atom is 0.326 e. The van der Waals surface area contributed by atoms with Crippen LogP contribution in [0.5, 0.6) is 0 Å². The van der Waals surface area contributed by atoms with Crippen LogP contribution in [0.15, 0.2) is 0 Å². The van der Waals surface area contributed by atoms with Crippen molar-refractivity contribution in [3.8, 4) is 0 Å². The molecule has 0 aromatic rings. The van der Waals surface area contributed by atoms with E-state index >= 15 is 0 Å². The van der Waals surface area contributed by atoms with Crippen molar-refractivity contribution in [2.75, 3.05) is 12.8 Å². The number of aliphatic carboxylic acids is 1. The highest BCUT2D eigenvalue weighted by molar-refractivity contribution is 8.00. The van der Waals surface area contributed by atoms with Gasteiger partial charge < -0.3 is 10.0 Å². The van der Waals surface area contributed by atoms with Gasteiger partial charge in [-0.25, -0.2) is 4.79 Å². The van der Waals surface area contributed by atoms with Crippen molar-refractivity contribution in [2.45, 2.75) is 31.1 Å². The molecule has 0 radical (unpaired) electrons. The first-order valence-electron chi connectivity index (χ1n) is 4.65. The number of rotatable bonds is 3. The van der Waals surface area contributed by atoms with Gasteiger partial charge in [0.2, 0.25) is 5.91 Å². The van der Waals surface area contributed by atoms with Crippen LogP contribution in [0.25, 0.3) is 0 Å². The number of carbonyl (C=O) groups is 2. The summed E-state index contributed by atoms with van der Waals surface area (Å²) in [6.07, 6.45) is 1.93. The summed E-state index contributed by atoms with van der Waals surface area (Å²) in [5.41, 5.74) is 0. The second-order valence-corrected chi connectivity index (χ2v) is 4.78. The van der Waals surface area contributed by atoms with Crippen LogP contribution >= 0.6 is 11.8 Å². The molecule has 0 saturated carbocycles. The molecule has 1 heterocycles. The van der Waals surface area contributed by atoms with E-state index in [0.717, 1.165) is 18.6 Å². The summed E-state index contributed by atoms with van der Waals surface area (Å²) in [7, 11) is 1.56. The largest absolute Gasteiger partial charge is 0.480 e. The average Bonchev–Trinajstić information content (AvgIpc) is 2.67. The van der Waals surface area contributed by atoms with Crippen molar-refractivity contribution in [3.63, 3.8) is 0 Å². The van der Waals surface area contributed by atoms with Crippen molar-refractivity contribution in [2.24, 2.45) is 0 Å². The summed E-state index contributed by atoms with van der Waals surface area (Å²) < 4.78 is 0. The molecule has 80 valence electrons. The van der Waals surface area contributed by atoms with Crippen LogP contribution in [0, 0.1) is 0 Å². The van der Waals surface area contributed by atoms with Crippen molar-refractivity contribution >= 4 is 23.6 Å². The smallest absolute Gasteiger partial charge is 0.326 e. The van der Waals surface area contributed by atoms with Gasteiger partial charge in [0.25, 0.3) is 0 Å². The zero-order valence-electron chi connectivity index (χ0n) is 8.40. The zero-order chi connectivity index (χ0) is 10.7. The summed E-state index contributed by atoms with van der Waals surface area (Å²) >= 11 is 1.62. The predicted octanol–water partition coefficient (Wildman–Crippen LogP) is 0.813. The van der Waals surface area contributed by atoms with E-state index in [-0.39, 0.29) is 11.2 Å². The van der Waals surface area contributed by atoms with E-state index in [4.69, 9.17) is 5.11 Å². The van der Waals surface area contributed by atoms with Gasteiger partial charge in [0.15, 0.2) is 0 Å². The van der Waals surface area contributed by atoms with Gasteiger partial charge in [-0.05, 0) is 25.5 Å². The number of amides is 1. The molecule has 1 aliphatic heterocycles. The first-order chi connectivity index (χ1) is 6.54. The minimum absolute atomic E-state index is 0.0261. The van der Waals surface area contributed by atoms with Crippen LogP contribution in [0.4, 0.5) is 0 Å². The van der Waals surface area contributed by atoms with Crippen molar-refractivity contribution in [1.29, 1.82) is 0 Å². The van der Waals surface area contributed by atoms with E-state index in [0.29, 0.717) is 0 Å². The average molecular weight is 217 g/mol. The van der Waals surface area contributed by atoms with Crippen molar-refractivity contribution < 1.29 is 14.7 Å². The van der Waals surface area contributed by atoms with Gasteiger partial charge >= 0.3 is 5.97 Å². The molecule has 1 rings (SSSR count). The van der Waals surface area contributed by atoms with E-state index in [1.54, 1.807) is 18.8 Å². The van der Waals surface area contributed by atoms with Crippen LogP contribution in [0.1, 0.15) is 19.8 Å². The Balaban J connectivity index is 2.54. The Bertz CT molecular complexity index is 238. The van der Waals surface area contributed by atoms with Gasteiger partial charge in [0, 0.05) is 7.05 Å². The van der Waals surface area contributed by atoms with E-state index in [9.17, 15) is 9.59 Å². The molecule has 0 bridgehead atoms. The van der Waals surface area contributed by atoms with Crippen molar-refractivity contribution in [1.82, 2.24) is 4.90 Å². The standard InChI is InChI=1S/C9H15NO3S/c1-6(9(12)13)10(2)8(11)7-4-3-5-14-7/h6-7H,3-5H2,1-2H3,(H,12,13). The second kappa shape index (κ2) is 4.68. The Labute approximate surface area is 87.7 Å². The number of hydrogen-bond donors (Lipinski definition) is 1. The predicted molar refractivity (Wildman–Crippen MR) is 55.3 cm³/mol. The highest BCUT2D eigenvalue weighted by Crippen LogP contribution is 2.27. The topological polar surface area (TPSA) is 57.6 Å². The normalized spacial score (nSPS) is 23.1. The van der Waals surface area contributed by atoms with Gasteiger partial charge in [-0.1, -0.05) is 0 Å². The molecule has 1 saturated heterocycles. The third kappa shape index (κ3) is 2.41. The summed E-state index contributed by atoms with van der Waals surface area (Å²) in [5, 5.41) is 8.72. The lowest BCUT2D eigenvalue weighted by Gasteiger charge is -2.24. The molecule has 0 spiro atoms. The lowest BCUT2D eigenvalue weighted by atomic mass is 10.2. The fraction of sp³-hybridized carbons (Fsp3) is 0.778. The van der Waals surface area contributed by atoms with Crippen LogP contribution < -0.4 is 0 Å². The number of nitrogens with zero attached hydrogens (tertiary/aromatic N) is 1. The number of carbonyl (C=O) groups excluding carboxylic acids is 1. The minimum atomic E-state index is -0.955. The first kappa shape index (κ1) is 11.4. The van der Waals surface area contributed by atoms with Gasteiger partial charge in [-0.2, -0.15) is 0 Å². The van der Waals surface area contributed by atoms with E-state index in [1.165, 1.54) is 11.8 Å². The Hall–Kier alpha value is -0.710. The molecule has 1 amide bonds.